The van der Waals surface area contributed by atoms with Gasteiger partial charge in [0.1, 0.15) is 0 Å². The van der Waals surface area contributed by atoms with E-state index in [4.69, 9.17) is 9.84 Å². The van der Waals surface area contributed by atoms with Gasteiger partial charge < -0.3 is 9.84 Å². The van der Waals surface area contributed by atoms with E-state index < -0.39 is 5.97 Å². The summed E-state index contributed by atoms with van der Waals surface area (Å²) in [5.41, 5.74) is 2.41. The summed E-state index contributed by atoms with van der Waals surface area (Å²) in [7, 11) is 0. The molecule has 1 atom stereocenters. The standard InChI is InChI=1S/C20H23NO3S/c1-15-2-6-17(7-3-15)25-18-8-4-16(5-9-18)19-14-21(12-13-24-19)11-10-20(22)23/h2-9,19H,10-14H2,1H3,(H,22,23). The molecule has 5 heteroatoms. The Morgan fingerprint density at radius 2 is 1.80 bits per heavy atom. The number of ether oxygens (including phenoxy) is 1. The Morgan fingerprint density at radius 1 is 1.16 bits per heavy atom. The Balaban J connectivity index is 1.59. The summed E-state index contributed by atoms with van der Waals surface area (Å²) >= 11 is 1.75. The molecule has 1 aliphatic rings. The molecule has 1 unspecified atom stereocenters. The number of hydrogen-bond donors (Lipinski definition) is 1. The normalized spacial score (nSPS) is 18.2. The zero-order valence-electron chi connectivity index (χ0n) is 14.4. The molecule has 0 aromatic heterocycles. The first-order valence-electron chi connectivity index (χ1n) is 8.50. The van der Waals surface area contributed by atoms with Crippen molar-refractivity contribution in [2.75, 3.05) is 26.2 Å². The summed E-state index contributed by atoms with van der Waals surface area (Å²) in [5.74, 6) is -0.750. The number of carbonyl (C=O) groups is 1. The van der Waals surface area contributed by atoms with Gasteiger partial charge in [0.05, 0.1) is 19.1 Å². The van der Waals surface area contributed by atoms with Crippen LogP contribution in [0.5, 0.6) is 0 Å². The number of carboxylic acids is 1. The Labute approximate surface area is 152 Å². The van der Waals surface area contributed by atoms with Crippen molar-refractivity contribution in [1.29, 1.82) is 0 Å². The van der Waals surface area contributed by atoms with Gasteiger partial charge in [0.2, 0.25) is 0 Å². The summed E-state index contributed by atoms with van der Waals surface area (Å²) in [6.45, 7) is 4.86. The van der Waals surface area contributed by atoms with Crippen LogP contribution in [-0.4, -0.2) is 42.2 Å². The largest absolute Gasteiger partial charge is 0.481 e. The van der Waals surface area contributed by atoms with E-state index in [1.54, 1.807) is 11.8 Å². The molecule has 2 aromatic carbocycles. The first kappa shape index (κ1) is 18.0. The highest BCUT2D eigenvalue weighted by Crippen LogP contribution is 2.30. The van der Waals surface area contributed by atoms with E-state index in [-0.39, 0.29) is 12.5 Å². The van der Waals surface area contributed by atoms with Gasteiger partial charge in [-0.25, -0.2) is 0 Å². The smallest absolute Gasteiger partial charge is 0.304 e. The van der Waals surface area contributed by atoms with Gasteiger partial charge in [-0.1, -0.05) is 41.6 Å². The Hall–Kier alpha value is -1.82. The third kappa shape index (κ3) is 5.33. The number of nitrogens with zero attached hydrogens (tertiary/aromatic N) is 1. The van der Waals surface area contributed by atoms with Crippen LogP contribution in [0.25, 0.3) is 0 Å². The Kier molecular flexibility index (Phi) is 6.13. The monoisotopic (exact) mass is 357 g/mol. The molecule has 4 nitrogen and oxygen atoms in total. The van der Waals surface area contributed by atoms with Crippen LogP contribution < -0.4 is 0 Å². The molecule has 1 aliphatic heterocycles. The molecule has 3 rings (SSSR count). The predicted molar refractivity (Wildman–Crippen MR) is 99.1 cm³/mol. The van der Waals surface area contributed by atoms with E-state index in [1.807, 2.05) is 0 Å². The van der Waals surface area contributed by atoms with E-state index >= 15 is 0 Å². The molecule has 0 radical (unpaired) electrons. The first-order valence-corrected chi connectivity index (χ1v) is 9.32. The molecular formula is C20H23NO3S. The molecule has 0 bridgehead atoms. The van der Waals surface area contributed by atoms with Gasteiger partial charge in [-0.05, 0) is 36.8 Å². The maximum Gasteiger partial charge on any atom is 0.304 e. The summed E-state index contributed by atoms with van der Waals surface area (Å²) in [6, 6.07) is 17.0. The zero-order valence-corrected chi connectivity index (χ0v) is 15.2. The maximum absolute atomic E-state index is 10.7. The van der Waals surface area contributed by atoms with Crippen LogP contribution in [0.4, 0.5) is 0 Å². The lowest BCUT2D eigenvalue weighted by Crippen LogP contribution is -2.39. The van der Waals surface area contributed by atoms with Crippen molar-refractivity contribution in [3.63, 3.8) is 0 Å². The molecule has 132 valence electrons. The molecule has 25 heavy (non-hydrogen) atoms. The highest BCUT2D eigenvalue weighted by molar-refractivity contribution is 7.99. The molecule has 1 N–H and O–H groups in total. The van der Waals surface area contributed by atoms with Crippen LogP contribution in [0.1, 0.15) is 23.7 Å². The highest BCUT2D eigenvalue weighted by atomic mass is 32.2. The molecule has 1 saturated heterocycles. The molecule has 0 spiro atoms. The zero-order chi connectivity index (χ0) is 17.6. The van der Waals surface area contributed by atoms with Crippen molar-refractivity contribution >= 4 is 17.7 Å². The molecule has 0 amide bonds. The summed E-state index contributed by atoms with van der Waals surface area (Å²) < 4.78 is 5.88. The lowest BCUT2D eigenvalue weighted by Gasteiger charge is -2.32. The van der Waals surface area contributed by atoms with Crippen LogP contribution >= 0.6 is 11.8 Å². The van der Waals surface area contributed by atoms with Gasteiger partial charge in [-0.15, -0.1) is 0 Å². The van der Waals surface area contributed by atoms with Crippen LogP contribution in [-0.2, 0) is 9.53 Å². The predicted octanol–water partition coefficient (Wildman–Crippen LogP) is 3.99. The fourth-order valence-electron chi connectivity index (χ4n) is 2.85. The lowest BCUT2D eigenvalue weighted by molar-refractivity contribution is -0.137. The van der Waals surface area contributed by atoms with E-state index in [0.717, 1.165) is 18.7 Å². The van der Waals surface area contributed by atoms with Gasteiger partial charge in [0.15, 0.2) is 0 Å². The summed E-state index contributed by atoms with van der Waals surface area (Å²) in [4.78, 5) is 15.3. The van der Waals surface area contributed by atoms with Gasteiger partial charge in [-0.2, -0.15) is 0 Å². The molecule has 1 fully saturated rings. The SMILES string of the molecule is Cc1ccc(Sc2ccc(C3CN(CCC(=O)O)CCO3)cc2)cc1. The van der Waals surface area contributed by atoms with E-state index in [2.05, 4.69) is 60.4 Å². The van der Waals surface area contributed by atoms with Crippen LogP contribution in [0, 0.1) is 6.92 Å². The summed E-state index contributed by atoms with van der Waals surface area (Å²) in [6.07, 6.45) is 0.194. The number of morpholine rings is 1. The van der Waals surface area contributed by atoms with Crippen molar-refractivity contribution in [1.82, 2.24) is 4.90 Å². The topological polar surface area (TPSA) is 49.8 Å². The fourth-order valence-corrected chi connectivity index (χ4v) is 3.67. The number of benzene rings is 2. The molecule has 1 heterocycles. The number of rotatable bonds is 6. The number of hydrogen-bond acceptors (Lipinski definition) is 4. The van der Waals surface area contributed by atoms with Crippen molar-refractivity contribution < 1.29 is 14.6 Å². The van der Waals surface area contributed by atoms with Crippen molar-refractivity contribution in [3.05, 3.63) is 59.7 Å². The maximum atomic E-state index is 10.7. The Bertz CT molecular complexity index is 700. The van der Waals surface area contributed by atoms with Gasteiger partial charge in [-0.3, -0.25) is 9.69 Å². The lowest BCUT2D eigenvalue weighted by atomic mass is 10.1. The van der Waals surface area contributed by atoms with Gasteiger partial charge in [0.25, 0.3) is 0 Å². The number of aliphatic carboxylic acids is 1. The van der Waals surface area contributed by atoms with E-state index in [0.29, 0.717) is 13.2 Å². The average molecular weight is 357 g/mol. The molecule has 2 aromatic rings. The third-order valence-electron chi connectivity index (χ3n) is 4.30. The van der Waals surface area contributed by atoms with E-state index in [9.17, 15) is 4.79 Å². The van der Waals surface area contributed by atoms with Crippen LogP contribution in [0.15, 0.2) is 58.3 Å². The number of carboxylic acid groups (broad SMARTS) is 1. The van der Waals surface area contributed by atoms with Gasteiger partial charge >= 0.3 is 5.97 Å². The average Bonchev–Trinajstić information content (AvgIpc) is 2.63. The first-order chi connectivity index (χ1) is 12.1. The highest BCUT2D eigenvalue weighted by Gasteiger charge is 2.22. The summed E-state index contributed by atoms with van der Waals surface area (Å²) in [5, 5.41) is 8.83. The quantitative estimate of drug-likeness (QED) is 0.847. The second-order valence-corrected chi connectivity index (χ2v) is 7.43. The third-order valence-corrected chi connectivity index (χ3v) is 5.32. The minimum Gasteiger partial charge on any atom is -0.481 e. The van der Waals surface area contributed by atoms with E-state index in [1.165, 1.54) is 15.4 Å². The Morgan fingerprint density at radius 3 is 2.44 bits per heavy atom. The van der Waals surface area contributed by atoms with Crippen molar-refractivity contribution in [3.8, 4) is 0 Å². The molecule has 0 aliphatic carbocycles. The van der Waals surface area contributed by atoms with Crippen molar-refractivity contribution in [2.24, 2.45) is 0 Å². The molecular weight excluding hydrogens is 334 g/mol. The second-order valence-electron chi connectivity index (χ2n) is 6.29. The number of aryl methyl sites for hydroxylation is 1. The van der Waals surface area contributed by atoms with Crippen LogP contribution in [0.2, 0.25) is 0 Å². The minimum absolute atomic E-state index is 0.0148. The molecule has 0 saturated carbocycles. The second kappa shape index (κ2) is 8.52. The fraction of sp³-hybridized carbons (Fsp3) is 0.350. The van der Waals surface area contributed by atoms with Gasteiger partial charge in [0, 0.05) is 29.4 Å². The minimum atomic E-state index is -0.750. The van der Waals surface area contributed by atoms with Crippen LogP contribution in [0.3, 0.4) is 0 Å². The van der Waals surface area contributed by atoms with Crippen molar-refractivity contribution in [2.45, 2.75) is 29.2 Å².